The Hall–Kier alpha value is -3.92. The molecule has 7 heteroatoms. The lowest BCUT2D eigenvalue weighted by Crippen LogP contribution is -1.98. The predicted octanol–water partition coefficient (Wildman–Crippen LogP) is 3.99. The molecule has 0 aliphatic heterocycles. The molecule has 0 fully saturated rings. The number of aryl methyl sites for hydroxylation is 1. The Labute approximate surface area is 148 Å². The predicted molar refractivity (Wildman–Crippen MR) is 98.0 cm³/mol. The molecule has 1 heterocycles. The van der Waals surface area contributed by atoms with Gasteiger partial charge in [-0.1, -0.05) is 18.2 Å². The fourth-order valence-electron chi connectivity index (χ4n) is 2.56. The number of aliphatic hydroxyl groups excluding tert-OH is 1. The van der Waals surface area contributed by atoms with Crippen molar-refractivity contribution in [1.82, 2.24) is 9.55 Å². The second-order valence-electron chi connectivity index (χ2n) is 5.54. The van der Waals surface area contributed by atoms with Crippen molar-refractivity contribution in [3.63, 3.8) is 0 Å². The Bertz CT molecular complexity index is 1090. The number of non-ortho nitro benzene ring substituents is 1. The van der Waals surface area contributed by atoms with Crippen LogP contribution in [0.15, 0.2) is 60.4 Å². The highest BCUT2D eigenvalue weighted by atomic mass is 16.6. The van der Waals surface area contributed by atoms with Gasteiger partial charge in [0.1, 0.15) is 17.4 Å². The molecule has 2 aromatic carbocycles. The maximum absolute atomic E-state index is 10.7. The number of allylic oxidation sites excluding steroid dienone is 2. The van der Waals surface area contributed by atoms with Crippen LogP contribution in [0.25, 0.3) is 22.7 Å². The van der Waals surface area contributed by atoms with Crippen molar-refractivity contribution in [2.75, 3.05) is 0 Å². The van der Waals surface area contributed by atoms with Gasteiger partial charge in [-0.25, -0.2) is 4.98 Å². The first-order valence-corrected chi connectivity index (χ1v) is 7.69. The number of imidazole rings is 1. The van der Waals surface area contributed by atoms with Crippen LogP contribution < -0.4 is 0 Å². The van der Waals surface area contributed by atoms with Crippen molar-refractivity contribution >= 4 is 28.4 Å². The summed E-state index contributed by atoms with van der Waals surface area (Å²) < 4.78 is 1.74. The molecular weight excluding hydrogens is 332 g/mol. The van der Waals surface area contributed by atoms with Gasteiger partial charge >= 0.3 is 0 Å². The second-order valence-corrected chi connectivity index (χ2v) is 5.54. The molecule has 0 saturated carbocycles. The van der Waals surface area contributed by atoms with Gasteiger partial charge in [-0.15, -0.1) is 0 Å². The first-order valence-electron chi connectivity index (χ1n) is 7.69. The summed E-state index contributed by atoms with van der Waals surface area (Å²) in [6.45, 7) is 0. The van der Waals surface area contributed by atoms with Gasteiger partial charge in [0.25, 0.3) is 5.69 Å². The quantitative estimate of drug-likeness (QED) is 0.253. The van der Waals surface area contributed by atoms with Crippen molar-refractivity contribution in [3.05, 3.63) is 81.9 Å². The monoisotopic (exact) mass is 346 g/mol. The van der Waals surface area contributed by atoms with E-state index < -0.39 is 4.92 Å². The molecule has 3 rings (SSSR count). The van der Waals surface area contributed by atoms with Crippen LogP contribution in [0.3, 0.4) is 0 Å². The fraction of sp³-hybridized carbons (Fsp3) is 0.0526. The van der Waals surface area contributed by atoms with Gasteiger partial charge in [0.05, 0.1) is 16.0 Å². The van der Waals surface area contributed by atoms with E-state index in [1.807, 2.05) is 30.3 Å². The molecule has 3 aromatic rings. The summed E-state index contributed by atoms with van der Waals surface area (Å²) in [5.74, 6) is 0.129. The fourth-order valence-corrected chi connectivity index (χ4v) is 2.56. The molecule has 0 saturated heterocycles. The maximum Gasteiger partial charge on any atom is 0.269 e. The van der Waals surface area contributed by atoms with Crippen LogP contribution in [0.5, 0.6) is 0 Å². The molecule has 0 unspecified atom stereocenters. The number of hydrogen-bond acceptors (Lipinski definition) is 5. The molecule has 0 atom stereocenters. The zero-order valence-electron chi connectivity index (χ0n) is 13.8. The molecule has 0 amide bonds. The summed E-state index contributed by atoms with van der Waals surface area (Å²) in [5.41, 5.74) is 2.26. The first-order chi connectivity index (χ1) is 12.5. The normalized spacial score (nSPS) is 12.2. The number of benzene rings is 2. The van der Waals surface area contributed by atoms with E-state index in [9.17, 15) is 20.5 Å². The average Bonchev–Trinajstić information content (AvgIpc) is 2.98. The van der Waals surface area contributed by atoms with E-state index >= 15 is 0 Å². The minimum Gasteiger partial charge on any atom is -0.506 e. The third-order valence-corrected chi connectivity index (χ3v) is 3.92. The number of nitro benzene ring substituents is 1. The van der Waals surface area contributed by atoms with Crippen molar-refractivity contribution in [1.29, 1.82) is 5.26 Å². The van der Waals surface area contributed by atoms with Crippen molar-refractivity contribution in [2.45, 2.75) is 0 Å². The van der Waals surface area contributed by atoms with E-state index in [1.54, 1.807) is 29.8 Å². The van der Waals surface area contributed by atoms with Crippen molar-refractivity contribution in [2.24, 2.45) is 7.05 Å². The highest BCUT2D eigenvalue weighted by Gasteiger charge is 2.15. The highest BCUT2D eigenvalue weighted by Crippen LogP contribution is 2.22. The largest absolute Gasteiger partial charge is 0.506 e. The van der Waals surface area contributed by atoms with E-state index in [-0.39, 0.29) is 17.0 Å². The number of nitriles is 1. The third kappa shape index (κ3) is 3.16. The maximum atomic E-state index is 10.7. The Kier molecular flexibility index (Phi) is 4.50. The Morgan fingerprint density at radius 2 is 1.96 bits per heavy atom. The topological polar surface area (TPSA) is 105 Å². The lowest BCUT2D eigenvalue weighted by molar-refractivity contribution is -0.384. The molecule has 0 radical (unpaired) electrons. The number of hydrogen-bond donors (Lipinski definition) is 1. The molecule has 7 nitrogen and oxygen atoms in total. The van der Waals surface area contributed by atoms with Crippen LogP contribution in [0, 0.1) is 21.4 Å². The smallest absolute Gasteiger partial charge is 0.269 e. The lowest BCUT2D eigenvalue weighted by atomic mass is 10.1. The molecule has 1 aromatic heterocycles. The van der Waals surface area contributed by atoms with Crippen LogP contribution in [0.2, 0.25) is 0 Å². The minimum atomic E-state index is -0.482. The zero-order valence-corrected chi connectivity index (χ0v) is 13.8. The Balaban J connectivity index is 1.96. The molecular formula is C19H14N4O3. The average molecular weight is 346 g/mol. The summed E-state index contributed by atoms with van der Waals surface area (Å²) in [6.07, 6.45) is 2.94. The summed E-state index contributed by atoms with van der Waals surface area (Å²) in [5, 5.41) is 30.5. The van der Waals surface area contributed by atoms with Gasteiger partial charge < -0.3 is 9.67 Å². The van der Waals surface area contributed by atoms with Crippen molar-refractivity contribution < 1.29 is 10.0 Å². The minimum absolute atomic E-state index is 0.0145. The number of aliphatic hydroxyl groups is 1. The van der Waals surface area contributed by atoms with Crippen LogP contribution in [-0.2, 0) is 7.05 Å². The van der Waals surface area contributed by atoms with Crippen LogP contribution in [-0.4, -0.2) is 19.6 Å². The first kappa shape index (κ1) is 16.9. The van der Waals surface area contributed by atoms with Gasteiger partial charge in [-0.2, -0.15) is 5.26 Å². The van der Waals surface area contributed by atoms with Gasteiger partial charge in [0.15, 0.2) is 5.82 Å². The summed E-state index contributed by atoms with van der Waals surface area (Å²) in [6, 6.07) is 15.3. The number of para-hydroxylation sites is 2. The molecule has 0 bridgehead atoms. The van der Waals surface area contributed by atoms with Gasteiger partial charge in [0, 0.05) is 19.2 Å². The number of nitro groups is 1. The highest BCUT2D eigenvalue weighted by molar-refractivity contribution is 5.84. The zero-order chi connectivity index (χ0) is 18.7. The van der Waals surface area contributed by atoms with E-state index in [4.69, 9.17) is 0 Å². The summed E-state index contributed by atoms with van der Waals surface area (Å²) in [4.78, 5) is 14.6. The lowest BCUT2D eigenvalue weighted by Gasteiger charge is -2.02. The standard InChI is InChI=1S/C19H14N4O3/c1-22-17-5-3-2-4-16(17)21-19(22)15(12-20)18(24)11-8-13-6-9-14(10-7-13)23(25)26/h2-11,24H,1H3/b11-8+,18-15+. The molecule has 0 spiro atoms. The van der Waals surface area contributed by atoms with E-state index in [0.717, 1.165) is 11.0 Å². The molecule has 1 N–H and O–H groups in total. The van der Waals surface area contributed by atoms with Crippen LogP contribution in [0.4, 0.5) is 5.69 Å². The number of fused-ring (bicyclic) bond motifs is 1. The third-order valence-electron chi connectivity index (χ3n) is 3.92. The molecule has 0 aliphatic carbocycles. The van der Waals surface area contributed by atoms with E-state index in [2.05, 4.69) is 4.98 Å². The van der Waals surface area contributed by atoms with Gasteiger partial charge in [-0.3, -0.25) is 10.1 Å². The van der Waals surface area contributed by atoms with Gasteiger partial charge in [-0.05, 0) is 35.9 Å². The van der Waals surface area contributed by atoms with Crippen LogP contribution in [0.1, 0.15) is 11.4 Å². The van der Waals surface area contributed by atoms with Crippen LogP contribution >= 0.6 is 0 Å². The number of rotatable bonds is 4. The second kappa shape index (κ2) is 6.91. The summed E-state index contributed by atoms with van der Waals surface area (Å²) in [7, 11) is 1.77. The number of nitrogens with zero attached hydrogens (tertiary/aromatic N) is 4. The van der Waals surface area contributed by atoms with E-state index in [0.29, 0.717) is 11.4 Å². The summed E-state index contributed by atoms with van der Waals surface area (Å²) >= 11 is 0. The van der Waals surface area contributed by atoms with E-state index in [1.165, 1.54) is 18.2 Å². The van der Waals surface area contributed by atoms with Gasteiger partial charge in [0.2, 0.25) is 0 Å². The SMILES string of the molecule is Cn1c(/C(C#N)=C(O)\C=C\c2ccc([N+](=O)[O-])cc2)nc2ccccc21. The Morgan fingerprint density at radius 1 is 1.27 bits per heavy atom. The Morgan fingerprint density at radius 3 is 2.58 bits per heavy atom. The molecule has 128 valence electrons. The molecule has 0 aliphatic rings. The number of aromatic nitrogens is 2. The van der Waals surface area contributed by atoms with Crippen molar-refractivity contribution in [3.8, 4) is 6.07 Å². The molecule has 26 heavy (non-hydrogen) atoms.